The Balaban J connectivity index is 1.22. The molecule has 0 aromatic heterocycles. The number of carbonyl (C=O) groups excluding carboxylic acids is 1. The standard InChI is InChI=1S/C32H40O/c1-2-3-4-5-6-7-8-9-10-11-12-13-14-18-30(33)28-23-21-27-20-19-25-16-15-17-26-22-24-29(28)32(27)31(25)26/h15-17,19-24H,2-14,18H2,1H3. The largest absolute Gasteiger partial charge is 0.294 e. The van der Waals surface area contributed by atoms with E-state index in [9.17, 15) is 4.79 Å². The highest BCUT2D eigenvalue weighted by Gasteiger charge is 2.14. The molecule has 0 saturated heterocycles. The average Bonchev–Trinajstić information content (AvgIpc) is 2.85. The number of hydrogen-bond donors (Lipinski definition) is 0. The predicted molar refractivity (Wildman–Crippen MR) is 145 cm³/mol. The van der Waals surface area contributed by atoms with Crippen molar-refractivity contribution in [2.75, 3.05) is 0 Å². The lowest BCUT2D eigenvalue weighted by Gasteiger charge is -2.13. The van der Waals surface area contributed by atoms with Crippen molar-refractivity contribution in [3.8, 4) is 0 Å². The minimum atomic E-state index is 0.302. The van der Waals surface area contributed by atoms with Gasteiger partial charge >= 0.3 is 0 Å². The minimum absolute atomic E-state index is 0.302. The molecule has 0 fully saturated rings. The molecule has 1 heteroatoms. The molecule has 4 aromatic rings. The number of hydrogen-bond acceptors (Lipinski definition) is 1. The van der Waals surface area contributed by atoms with Crippen LogP contribution in [-0.2, 0) is 0 Å². The van der Waals surface area contributed by atoms with Crippen molar-refractivity contribution in [1.29, 1.82) is 0 Å². The summed E-state index contributed by atoms with van der Waals surface area (Å²) in [6.45, 7) is 2.28. The van der Waals surface area contributed by atoms with Crippen molar-refractivity contribution >= 4 is 38.1 Å². The Morgan fingerprint density at radius 3 is 1.64 bits per heavy atom. The van der Waals surface area contributed by atoms with Gasteiger partial charge in [0.2, 0.25) is 0 Å². The number of rotatable bonds is 15. The van der Waals surface area contributed by atoms with Crippen molar-refractivity contribution in [2.24, 2.45) is 0 Å². The molecule has 33 heavy (non-hydrogen) atoms. The first kappa shape index (κ1) is 23.7. The van der Waals surface area contributed by atoms with Gasteiger partial charge in [0.15, 0.2) is 5.78 Å². The molecule has 0 saturated carbocycles. The first-order valence-electron chi connectivity index (χ1n) is 13.5. The fourth-order valence-corrected chi connectivity index (χ4v) is 5.42. The summed E-state index contributed by atoms with van der Waals surface area (Å²) in [6.07, 6.45) is 18.0. The van der Waals surface area contributed by atoms with E-state index in [1.54, 1.807) is 0 Å². The molecular formula is C32H40O. The molecule has 4 aromatic carbocycles. The van der Waals surface area contributed by atoms with Gasteiger partial charge in [-0.2, -0.15) is 0 Å². The topological polar surface area (TPSA) is 17.1 Å². The third-order valence-electron chi connectivity index (χ3n) is 7.34. The minimum Gasteiger partial charge on any atom is -0.294 e. The Morgan fingerprint density at radius 2 is 1.03 bits per heavy atom. The summed E-state index contributed by atoms with van der Waals surface area (Å²) >= 11 is 0. The Hall–Kier alpha value is -2.41. The molecule has 0 amide bonds. The number of Topliss-reactive ketones (excluding diaryl/α,β-unsaturated/α-hetero) is 1. The first-order chi connectivity index (χ1) is 16.3. The zero-order chi connectivity index (χ0) is 22.9. The molecule has 0 unspecified atom stereocenters. The molecule has 0 radical (unpaired) electrons. The van der Waals surface area contributed by atoms with Crippen LogP contribution in [-0.4, -0.2) is 5.78 Å². The Morgan fingerprint density at radius 1 is 0.545 bits per heavy atom. The van der Waals surface area contributed by atoms with Crippen LogP contribution in [0.15, 0.2) is 54.6 Å². The number of carbonyl (C=O) groups is 1. The average molecular weight is 441 g/mol. The summed E-state index contributed by atoms with van der Waals surface area (Å²) in [6, 6.07) is 19.3. The molecular weight excluding hydrogens is 400 g/mol. The zero-order valence-corrected chi connectivity index (χ0v) is 20.5. The van der Waals surface area contributed by atoms with E-state index in [4.69, 9.17) is 0 Å². The number of benzene rings is 4. The predicted octanol–water partition coefficient (Wildman–Crippen LogP) is 10.2. The Labute approximate surface area is 199 Å². The molecule has 0 aliphatic rings. The van der Waals surface area contributed by atoms with Crippen LogP contribution < -0.4 is 0 Å². The van der Waals surface area contributed by atoms with Crippen molar-refractivity contribution < 1.29 is 4.79 Å². The molecule has 0 heterocycles. The first-order valence-corrected chi connectivity index (χ1v) is 13.5. The molecule has 4 rings (SSSR count). The highest BCUT2D eigenvalue weighted by molar-refractivity contribution is 6.26. The molecule has 0 aliphatic carbocycles. The van der Waals surface area contributed by atoms with E-state index in [1.807, 2.05) is 6.07 Å². The molecule has 0 aliphatic heterocycles. The van der Waals surface area contributed by atoms with Gasteiger partial charge in [0.1, 0.15) is 0 Å². The second kappa shape index (κ2) is 12.2. The fourth-order valence-electron chi connectivity index (χ4n) is 5.42. The van der Waals surface area contributed by atoms with Gasteiger partial charge in [0.25, 0.3) is 0 Å². The van der Waals surface area contributed by atoms with Crippen LogP contribution in [0.25, 0.3) is 32.3 Å². The highest BCUT2D eigenvalue weighted by atomic mass is 16.1. The smallest absolute Gasteiger partial charge is 0.163 e. The van der Waals surface area contributed by atoms with Crippen LogP contribution in [0.2, 0.25) is 0 Å². The van der Waals surface area contributed by atoms with Crippen molar-refractivity contribution in [2.45, 2.75) is 96.8 Å². The normalized spacial score (nSPS) is 11.8. The Bertz CT molecular complexity index is 1140. The molecule has 0 spiro atoms. The fraction of sp³-hybridized carbons (Fsp3) is 0.469. The monoisotopic (exact) mass is 440 g/mol. The third kappa shape index (κ3) is 5.94. The van der Waals surface area contributed by atoms with Crippen molar-refractivity contribution in [1.82, 2.24) is 0 Å². The summed E-state index contributed by atoms with van der Waals surface area (Å²) in [5, 5.41) is 7.41. The van der Waals surface area contributed by atoms with E-state index in [0.29, 0.717) is 12.2 Å². The van der Waals surface area contributed by atoms with Crippen LogP contribution in [0.4, 0.5) is 0 Å². The Kier molecular flexibility index (Phi) is 8.75. The zero-order valence-electron chi connectivity index (χ0n) is 20.5. The van der Waals surface area contributed by atoms with E-state index in [-0.39, 0.29) is 0 Å². The molecule has 0 bridgehead atoms. The highest BCUT2D eigenvalue weighted by Crippen LogP contribution is 2.36. The van der Waals surface area contributed by atoms with Gasteiger partial charge in [-0.15, -0.1) is 0 Å². The van der Waals surface area contributed by atoms with E-state index in [0.717, 1.165) is 17.4 Å². The van der Waals surface area contributed by atoms with Gasteiger partial charge in [-0.25, -0.2) is 0 Å². The summed E-state index contributed by atoms with van der Waals surface area (Å²) in [4.78, 5) is 13.1. The lowest BCUT2D eigenvalue weighted by atomic mass is 9.90. The lowest BCUT2D eigenvalue weighted by Crippen LogP contribution is -2.01. The van der Waals surface area contributed by atoms with E-state index < -0.39 is 0 Å². The van der Waals surface area contributed by atoms with E-state index in [1.165, 1.54) is 104 Å². The maximum absolute atomic E-state index is 13.1. The van der Waals surface area contributed by atoms with Crippen LogP contribution in [0.3, 0.4) is 0 Å². The van der Waals surface area contributed by atoms with Crippen molar-refractivity contribution in [3.05, 3.63) is 60.2 Å². The van der Waals surface area contributed by atoms with Gasteiger partial charge in [0, 0.05) is 12.0 Å². The maximum Gasteiger partial charge on any atom is 0.163 e. The van der Waals surface area contributed by atoms with Gasteiger partial charge < -0.3 is 0 Å². The van der Waals surface area contributed by atoms with Gasteiger partial charge in [-0.3, -0.25) is 4.79 Å². The maximum atomic E-state index is 13.1. The van der Waals surface area contributed by atoms with E-state index >= 15 is 0 Å². The van der Waals surface area contributed by atoms with Crippen LogP contribution in [0.1, 0.15) is 107 Å². The summed E-state index contributed by atoms with van der Waals surface area (Å²) in [5.41, 5.74) is 0.902. The quantitative estimate of drug-likeness (QED) is 0.102. The van der Waals surface area contributed by atoms with Gasteiger partial charge in [-0.05, 0) is 38.7 Å². The third-order valence-corrected chi connectivity index (χ3v) is 7.34. The van der Waals surface area contributed by atoms with Crippen LogP contribution >= 0.6 is 0 Å². The summed E-state index contributed by atoms with van der Waals surface area (Å²) < 4.78 is 0. The van der Waals surface area contributed by atoms with Crippen molar-refractivity contribution in [3.63, 3.8) is 0 Å². The van der Waals surface area contributed by atoms with E-state index in [2.05, 4.69) is 55.5 Å². The molecule has 0 atom stereocenters. The molecule has 1 nitrogen and oxygen atoms in total. The van der Waals surface area contributed by atoms with Crippen LogP contribution in [0.5, 0.6) is 0 Å². The second-order valence-corrected chi connectivity index (χ2v) is 9.88. The molecule has 0 N–H and O–H groups in total. The number of unbranched alkanes of at least 4 members (excludes halogenated alkanes) is 12. The summed E-state index contributed by atoms with van der Waals surface area (Å²) in [5.74, 6) is 0.302. The second-order valence-electron chi connectivity index (χ2n) is 9.88. The number of ketones is 1. The molecule has 174 valence electrons. The van der Waals surface area contributed by atoms with Crippen LogP contribution in [0, 0.1) is 0 Å². The lowest BCUT2D eigenvalue weighted by molar-refractivity contribution is 0.0980. The summed E-state index contributed by atoms with van der Waals surface area (Å²) in [7, 11) is 0. The SMILES string of the molecule is CCCCCCCCCCCCCCCC(=O)c1ccc2ccc3cccc4ccc1c2c34. The van der Waals surface area contributed by atoms with Gasteiger partial charge in [0.05, 0.1) is 0 Å². The van der Waals surface area contributed by atoms with Gasteiger partial charge in [-0.1, -0.05) is 139 Å².